The molecule has 0 aliphatic carbocycles. The van der Waals surface area contributed by atoms with Crippen LogP contribution in [0.4, 0.5) is 24.7 Å². The molecule has 1 unspecified atom stereocenters. The fourth-order valence-electron chi connectivity index (χ4n) is 2.72. The lowest BCUT2D eigenvalue weighted by Gasteiger charge is -2.35. The average Bonchev–Trinajstić information content (AvgIpc) is 2.65. The maximum Gasteiger partial charge on any atom is 0.393 e. The van der Waals surface area contributed by atoms with E-state index < -0.39 is 12.1 Å². The Bertz CT molecular complexity index is 467. The smallest absolute Gasteiger partial charge is 0.393 e. The van der Waals surface area contributed by atoms with Gasteiger partial charge in [-0.05, 0) is 26.2 Å². The maximum absolute atomic E-state index is 12.9. The summed E-state index contributed by atoms with van der Waals surface area (Å²) in [6.45, 7) is 5.04. The number of halogens is 3. The van der Waals surface area contributed by atoms with E-state index in [-0.39, 0.29) is 13.0 Å². The number of hydrogen-bond acceptors (Lipinski definition) is 3. The lowest BCUT2D eigenvalue weighted by atomic mass is 9.97. The molecule has 2 rings (SSSR count). The molecule has 0 radical (unpaired) electrons. The van der Waals surface area contributed by atoms with Crippen molar-refractivity contribution in [3.63, 3.8) is 0 Å². The molecule has 1 atom stereocenters. The predicted octanol–water partition coefficient (Wildman–Crippen LogP) is 2.96. The molecular weight excluding hydrogens is 269 g/mol. The van der Waals surface area contributed by atoms with Gasteiger partial charge in [-0.25, -0.2) is 4.68 Å². The molecule has 1 aliphatic rings. The van der Waals surface area contributed by atoms with Crippen LogP contribution in [0.3, 0.4) is 0 Å². The second kappa shape index (κ2) is 5.54. The fourth-order valence-corrected chi connectivity index (χ4v) is 2.72. The van der Waals surface area contributed by atoms with Gasteiger partial charge in [0.2, 0.25) is 0 Å². The third-order valence-electron chi connectivity index (χ3n) is 3.77. The number of aromatic nitrogens is 2. The van der Waals surface area contributed by atoms with Crippen molar-refractivity contribution >= 4 is 11.5 Å². The summed E-state index contributed by atoms with van der Waals surface area (Å²) >= 11 is 0. The molecule has 2 heterocycles. The molecule has 1 fully saturated rings. The van der Waals surface area contributed by atoms with E-state index in [0.29, 0.717) is 36.7 Å². The number of alkyl halides is 3. The lowest BCUT2D eigenvalue weighted by Crippen LogP contribution is -2.42. The molecule has 2 N–H and O–H groups in total. The van der Waals surface area contributed by atoms with Gasteiger partial charge in [0.1, 0.15) is 0 Å². The van der Waals surface area contributed by atoms with E-state index in [1.165, 1.54) is 0 Å². The van der Waals surface area contributed by atoms with Crippen molar-refractivity contribution in [2.75, 3.05) is 23.7 Å². The number of piperidine rings is 1. The summed E-state index contributed by atoms with van der Waals surface area (Å²) in [6, 6.07) is 0. The van der Waals surface area contributed by atoms with Crippen molar-refractivity contribution in [2.24, 2.45) is 5.92 Å². The van der Waals surface area contributed by atoms with E-state index in [2.05, 4.69) is 5.10 Å². The van der Waals surface area contributed by atoms with Gasteiger partial charge in [0.15, 0.2) is 5.82 Å². The normalized spacial score (nSPS) is 20.4. The SMILES string of the molecule is CCCn1nc(C)c(N)c1N1CCCC(C(F)(F)F)C1. The first kappa shape index (κ1) is 15.0. The third-order valence-corrected chi connectivity index (χ3v) is 3.77. The summed E-state index contributed by atoms with van der Waals surface area (Å²) in [7, 11) is 0. The Morgan fingerprint density at radius 1 is 1.40 bits per heavy atom. The van der Waals surface area contributed by atoms with Gasteiger partial charge in [-0.2, -0.15) is 18.3 Å². The molecule has 20 heavy (non-hydrogen) atoms. The van der Waals surface area contributed by atoms with E-state index in [1.54, 1.807) is 16.5 Å². The minimum Gasteiger partial charge on any atom is -0.394 e. The Hall–Kier alpha value is -1.40. The second-order valence-electron chi connectivity index (χ2n) is 5.37. The Balaban J connectivity index is 2.26. The molecule has 0 amide bonds. The molecule has 7 heteroatoms. The van der Waals surface area contributed by atoms with Crippen LogP contribution < -0.4 is 10.6 Å². The van der Waals surface area contributed by atoms with E-state index in [4.69, 9.17) is 5.73 Å². The first-order valence-electron chi connectivity index (χ1n) is 6.99. The highest BCUT2D eigenvalue weighted by molar-refractivity contribution is 5.66. The van der Waals surface area contributed by atoms with E-state index >= 15 is 0 Å². The summed E-state index contributed by atoms with van der Waals surface area (Å²) < 4.78 is 40.5. The molecular formula is C13H21F3N4. The third kappa shape index (κ3) is 2.86. The summed E-state index contributed by atoms with van der Waals surface area (Å²) in [5, 5.41) is 4.33. The predicted molar refractivity (Wildman–Crippen MR) is 72.7 cm³/mol. The van der Waals surface area contributed by atoms with Gasteiger partial charge in [0, 0.05) is 19.6 Å². The summed E-state index contributed by atoms with van der Waals surface area (Å²) in [4.78, 5) is 1.74. The van der Waals surface area contributed by atoms with Gasteiger partial charge < -0.3 is 10.6 Å². The van der Waals surface area contributed by atoms with Crippen molar-refractivity contribution in [2.45, 2.75) is 45.8 Å². The van der Waals surface area contributed by atoms with Gasteiger partial charge in [-0.3, -0.25) is 0 Å². The van der Waals surface area contributed by atoms with Crippen LogP contribution in [-0.2, 0) is 6.54 Å². The minimum atomic E-state index is -4.14. The zero-order valence-electron chi connectivity index (χ0n) is 11.9. The first-order chi connectivity index (χ1) is 9.34. The van der Waals surface area contributed by atoms with Crippen LogP contribution in [0.5, 0.6) is 0 Å². The molecule has 0 saturated carbocycles. The van der Waals surface area contributed by atoms with Crippen molar-refractivity contribution in [1.29, 1.82) is 0 Å². The van der Waals surface area contributed by atoms with Gasteiger partial charge in [-0.1, -0.05) is 6.92 Å². The highest BCUT2D eigenvalue weighted by atomic mass is 19.4. The van der Waals surface area contributed by atoms with Crippen LogP contribution in [0, 0.1) is 12.8 Å². The highest BCUT2D eigenvalue weighted by Gasteiger charge is 2.42. The van der Waals surface area contributed by atoms with Crippen LogP contribution >= 0.6 is 0 Å². The molecule has 114 valence electrons. The lowest BCUT2D eigenvalue weighted by molar-refractivity contribution is -0.176. The average molecular weight is 290 g/mol. The Labute approximate surface area is 116 Å². The van der Waals surface area contributed by atoms with Crippen LogP contribution in [0.1, 0.15) is 31.9 Å². The second-order valence-corrected chi connectivity index (χ2v) is 5.37. The molecule has 0 aromatic carbocycles. The number of nitrogens with two attached hydrogens (primary N) is 1. The minimum absolute atomic E-state index is 0.0253. The zero-order valence-corrected chi connectivity index (χ0v) is 11.9. The number of nitrogens with zero attached hydrogens (tertiary/aromatic N) is 3. The number of aryl methyl sites for hydroxylation is 2. The molecule has 1 saturated heterocycles. The largest absolute Gasteiger partial charge is 0.394 e. The maximum atomic E-state index is 12.9. The van der Waals surface area contributed by atoms with Crippen LogP contribution in [0.2, 0.25) is 0 Å². The molecule has 0 bridgehead atoms. The topological polar surface area (TPSA) is 47.1 Å². The zero-order chi connectivity index (χ0) is 14.9. The summed E-state index contributed by atoms with van der Waals surface area (Å²) in [5.41, 5.74) is 7.20. The number of anilines is 2. The number of rotatable bonds is 3. The van der Waals surface area contributed by atoms with E-state index in [9.17, 15) is 13.2 Å². The van der Waals surface area contributed by atoms with Gasteiger partial charge in [-0.15, -0.1) is 0 Å². The van der Waals surface area contributed by atoms with Crippen molar-refractivity contribution in [1.82, 2.24) is 9.78 Å². The van der Waals surface area contributed by atoms with Gasteiger partial charge in [0.05, 0.1) is 17.3 Å². The number of hydrogen-bond donors (Lipinski definition) is 1. The molecule has 1 aromatic heterocycles. The van der Waals surface area contributed by atoms with Crippen LogP contribution in [0.15, 0.2) is 0 Å². The van der Waals surface area contributed by atoms with Gasteiger partial charge >= 0.3 is 6.18 Å². The monoisotopic (exact) mass is 290 g/mol. The molecule has 1 aromatic rings. The Morgan fingerprint density at radius 3 is 2.70 bits per heavy atom. The fraction of sp³-hybridized carbons (Fsp3) is 0.769. The van der Waals surface area contributed by atoms with Crippen molar-refractivity contribution in [3.05, 3.63) is 5.69 Å². The summed E-state index contributed by atoms with van der Waals surface area (Å²) in [5.74, 6) is -0.626. The van der Waals surface area contributed by atoms with Crippen molar-refractivity contribution < 1.29 is 13.2 Å². The van der Waals surface area contributed by atoms with Crippen molar-refractivity contribution in [3.8, 4) is 0 Å². The molecule has 0 spiro atoms. The van der Waals surface area contributed by atoms with Gasteiger partial charge in [0.25, 0.3) is 0 Å². The molecule has 4 nitrogen and oxygen atoms in total. The van der Waals surface area contributed by atoms with E-state index in [0.717, 1.165) is 6.42 Å². The van der Waals surface area contributed by atoms with E-state index in [1.807, 2.05) is 6.92 Å². The Kier molecular flexibility index (Phi) is 4.15. The standard InChI is InChI=1S/C13H21F3N4/c1-3-6-20-12(11(17)9(2)18-20)19-7-4-5-10(8-19)13(14,15)16/h10H,3-8,17H2,1-2H3. The summed E-state index contributed by atoms with van der Waals surface area (Å²) in [6.07, 6.45) is -2.55. The van der Waals surface area contributed by atoms with Crippen LogP contribution in [0.25, 0.3) is 0 Å². The first-order valence-corrected chi connectivity index (χ1v) is 6.99. The number of nitrogen functional groups attached to an aromatic ring is 1. The van der Waals surface area contributed by atoms with Crippen LogP contribution in [-0.4, -0.2) is 29.0 Å². The highest BCUT2D eigenvalue weighted by Crippen LogP contribution is 2.37. The Morgan fingerprint density at radius 2 is 2.10 bits per heavy atom. The molecule has 1 aliphatic heterocycles. The quantitative estimate of drug-likeness (QED) is 0.931.